The third-order valence-electron chi connectivity index (χ3n) is 2.94. The summed E-state index contributed by atoms with van der Waals surface area (Å²) in [6.07, 6.45) is 5.90. The van der Waals surface area contributed by atoms with Crippen LogP contribution in [-0.2, 0) is 10.3 Å². The van der Waals surface area contributed by atoms with Crippen molar-refractivity contribution < 1.29 is 9.90 Å². The Balaban J connectivity index is 2.38. The largest absolute Gasteiger partial charge is 0.480 e. The van der Waals surface area contributed by atoms with Crippen LogP contribution in [0.5, 0.6) is 0 Å². The molecule has 0 aromatic carbocycles. The maximum absolute atomic E-state index is 11.4. The average Bonchev–Trinajstić information content (AvgIpc) is 2.31. The van der Waals surface area contributed by atoms with Crippen LogP contribution < -0.4 is 5.32 Å². The molecule has 15 heavy (non-hydrogen) atoms. The molecule has 0 amide bonds. The number of carboxylic acid groups (broad SMARTS) is 1. The molecule has 0 aliphatic carbocycles. The molecule has 1 saturated heterocycles. The summed E-state index contributed by atoms with van der Waals surface area (Å²) < 4.78 is 0. The highest BCUT2D eigenvalue weighted by Gasteiger charge is 2.40. The smallest absolute Gasteiger partial charge is 0.328 e. The molecule has 1 aliphatic rings. The van der Waals surface area contributed by atoms with Crippen molar-refractivity contribution in [2.45, 2.75) is 24.8 Å². The van der Waals surface area contributed by atoms with Crippen LogP contribution in [0.15, 0.2) is 24.5 Å². The summed E-state index contributed by atoms with van der Waals surface area (Å²) in [5.41, 5.74) is -0.106. The SMILES string of the molecule is O=C(O)C1(c2ccncc2)CCCCN1. The normalized spacial score (nSPS) is 26.1. The van der Waals surface area contributed by atoms with Gasteiger partial charge in [-0.2, -0.15) is 0 Å². The lowest BCUT2D eigenvalue weighted by Crippen LogP contribution is -2.51. The zero-order chi connectivity index (χ0) is 10.7. The highest BCUT2D eigenvalue weighted by Crippen LogP contribution is 2.30. The third-order valence-corrected chi connectivity index (χ3v) is 2.94. The Morgan fingerprint density at radius 3 is 2.67 bits per heavy atom. The zero-order valence-electron chi connectivity index (χ0n) is 8.44. The lowest BCUT2D eigenvalue weighted by molar-refractivity contribution is -0.146. The average molecular weight is 206 g/mol. The van der Waals surface area contributed by atoms with Crippen molar-refractivity contribution in [3.8, 4) is 0 Å². The second kappa shape index (κ2) is 3.98. The Hall–Kier alpha value is -1.42. The van der Waals surface area contributed by atoms with Gasteiger partial charge in [0.15, 0.2) is 0 Å². The molecule has 1 aliphatic heterocycles. The number of nitrogens with one attached hydrogen (secondary N) is 1. The molecule has 2 rings (SSSR count). The summed E-state index contributed by atoms with van der Waals surface area (Å²) in [5, 5.41) is 12.5. The van der Waals surface area contributed by atoms with E-state index in [-0.39, 0.29) is 0 Å². The summed E-state index contributed by atoms with van der Waals surface area (Å²) in [6.45, 7) is 0.759. The van der Waals surface area contributed by atoms with Crippen LogP contribution in [0.3, 0.4) is 0 Å². The number of hydrogen-bond donors (Lipinski definition) is 2. The van der Waals surface area contributed by atoms with Gasteiger partial charge in [-0.05, 0) is 43.5 Å². The first-order valence-electron chi connectivity index (χ1n) is 5.15. The van der Waals surface area contributed by atoms with E-state index in [1.165, 1.54) is 0 Å². The molecule has 2 N–H and O–H groups in total. The zero-order valence-corrected chi connectivity index (χ0v) is 8.44. The van der Waals surface area contributed by atoms with Crippen LogP contribution in [-0.4, -0.2) is 22.6 Å². The summed E-state index contributed by atoms with van der Waals surface area (Å²) in [7, 11) is 0. The molecule has 1 fully saturated rings. The number of pyridine rings is 1. The molecule has 4 nitrogen and oxygen atoms in total. The van der Waals surface area contributed by atoms with E-state index in [0.717, 1.165) is 24.9 Å². The Kier molecular flexibility index (Phi) is 2.68. The maximum atomic E-state index is 11.4. The Bertz CT molecular complexity index is 345. The number of hydrogen-bond acceptors (Lipinski definition) is 3. The van der Waals surface area contributed by atoms with Crippen LogP contribution in [0, 0.1) is 0 Å². The summed E-state index contributed by atoms with van der Waals surface area (Å²) in [6, 6.07) is 3.54. The van der Waals surface area contributed by atoms with Gasteiger partial charge in [0.1, 0.15) is 5.54 Å². The molecule has 0 bridgehead atoms. The van der Waals surface area contributed by atoms with Gasteiger partial charge in [-0.25, -0.2) is 4.79 Å². The van der Waals surface area contributed by atoms with Gasteiger partial charge in [-0.15, -0.1) is 0 Å². The lowest BCUT2D eigenvalue weighted by Gasteiger charge is -2.34. The monoisotopic (exact) mass is 206 g/mol. The number of carbonyl (C=O) groups is 1. The van der Waals surface area contributed by atoms with Crippen LogP contribution in [0.4, 0.5) is 0 Å². The predicted molar refractivity (Wildman–Crippen MR) is 55.4 cm³/mol. The van der Waals surface area contributed by atoms with E-state index >= 15 is 0 Å². The van der Waals surface area contributed by atoms with Gasteiger partial charge in [0.25, 0.3) is 0 Å². The molecule has 1 unspecified atom stereocenters. The van der Waals surface area contributed by atoms with E-state index in [2.05, 4.69) is 10.3 Å². The van der Waals surface area contributed by atoms with E-state index in [0.29, 0.717) is 6.42 Å². The number of nitrogens with zero attached hydrogens (tertiary/aromatic N) is 1. The van der Waals surface area contributed by atoms with E-state index in [4.69, 9.17) is 0 Å². The van der Waals surface area contributed by atoms with Gasteiger partial charge in [0.2, 0.25) is 0 Å². The van der Waals surface area contributed by atoms with Crippen molar-refractivity contribution in [2.75, 3.05) is 6.54 Å². The molecule has 4 heteroatoms. The third kappa shape index (κ3) is 1.72. The molecule has 1 aromatic rings. The van der Waals surface area contributed by atoms with Crippen LogP contribution in [0.25, 0.3) is 0 Å². The fourth-order valence-electron chi connectivity index (χ4n) is 2.09. The first-order chi connectivity index (χ1) is 7.26. The van der Waals surface area contributed by atoms with Gasteiger partial charge in [-0.1, -0.05) is 0 Å². The van der Waals surface area contributed by atoms with Crippen LogP contribution in [0.2, 0.25) is 0 Å². The second-order valence-corrected chi connectivity index (χ2v) is 3.83. The molecular weight excluding hydrogens is 192 g/mol. The van der Waals surface area contributed by atoms with Crippen molar-refractivity contribution in [2.24, 2.45) is 0 Å². The quantitative estimate of drug-likeness (QED) is 0.761. The molecule has 80 valence electrons. The second-order valence-electron chi connectivity index (χ2n) is 3.83. The van der Waals surface area contributed by atoms with Crippen molar-refractivity contribution in [3.63, 3.8) is 0 Å². The van der Waals surface area contributed by atoms with Crippen molar-refractivity contribution >= 4 is 5.97 Å². The van der Waals surface area contributed by atoms with E-state index in [1.54, 1.807) is 24.5 Å². The Morgan fingerprint density at radius 2 is 2.13 bits per heavy atom. The van der Waals surface area contributed by atoms with Gasteiger partial charge in [0, 0.05) is 12.4 Å². The standard InChI is InChI=1S/C11H14N2O2/c14-10(15)11(5-1-2-6-13-11)9-3-7-12-8-4-9/h3-4,7-8,13H,1-2,5-6H2,(H,14,15). The van der Waals surface area contributed by atoms with Crippen LogP contribution in [0.1, 0.15) is 24.8 Å². The van der Waals surface area contributed by atoms with E-state index < -0.39 is 11.5 Å². The molecule has 2 heterocycles. The highest BCUT2D eigenvalue weighted by molar-refractivity contribution is 5.80. The number of aliphatic carboxylic acids is 1. The van der Waals surface area contributed by atoms with Crippen molar-refractivity contribution in [1.82, 2.24) is 10.3 Å². The summed E-state index contributed by atoms with van der Waals surface area (Å²) in [5.74, 6) is -0.798. The Morgan fingerprint density at radius 1 is 1.40 bits per heavy atom. The molecule has 1 atom stereocenters. The number of piperidine rings is 1. The lowest BCUT2D eigenvalue weighted by atomic mass is 9.83. The fraction of sp³-hybridized carbons (Fsp3) is 0.455. The van der Waals surface area contributed by atoms with Gasteiger partial charge in [0.05, 0.1) is 0 Å². The minimum Gasteiger partial charge on any atom is -0.480 e. The molecule has 1 aromatic heterocycles. The number of rotatable bonds is 2. The van der Waals surface area contributed by atoms with Gasteiger partial charge in [-0.3, -0.25) is 10.3 Å². The molecule has 0 radical (unpaired) electrons. The predicted octanol–water partition coefficient (Wildman–Crippen LogP) is 1.14. The number of aromatic nitrogens is 1. The Labute approximate surface area is 88.3 Å². The van der Waals surface area contributed by atoms with E-state index in [1.807, 2.05) is 0 Å². The summed E-state index contributed by atoms with van der Waals surface area (Å²) in [4.78, 5) is 15.3. The highest BCUT2D eigenvalue weighted by atomic mass is 16.4. The molecule has 0 saturated carbocycles. The molecule has 0 spiro atoms. The van der Waals surface area contributed by atoms with Gasteiger partial charge >= 0.3 is 5.97 Å². The first kappa shape index (κ1) is 10.1. The van der Waals surface area contributed by atoms with Crippen molar-refractivity contribution in [3.05, 3.63) is 30.1 Å². The summed E-state index contributed by atoms with van der Waals surface area (Å²) >= 11 is 0. The van der Waals surface area contributed by atoms with Gasteiger partial charge < -0.3 is 5.11 Å². The minimum absolute atomic E-state index is 0.645. The maximum Gasteiger partial charge on any atom is 0.328 e. The van der Waals surface area contributed by atoms with Crippen LogP contribution >= 0.6 is 0 Å². The van der Waals surface area contributed by atoms with Crippen molar-refractivity contribution in [1.29, 1.82) is 0 Å². The topological polar surface area (TPSA) is 62.2 Å². The molecular formula is C11H14N2O2. The minimum atomic E-state index is -0.902. The van der Waals surface area contributed by atoms with E-state index in [9.17, 15) is 9.90 Å². The number of carboxylic acids is 1. The fourth-order valence-corrected chi connectivity index (χ4v) is 2.09. The first-order valence-corrected chi connectivity index (χ1v) is 5.15.